The fraction of sp³-hybridized carbons (Fsp3) is 0.269. The van der Waals surface area contributed by atoms with E-state index in [0.717, 1.165) is 22.3 Å². The number of benzene rings is 3. The van der Waals surface area contributed by atoms with Crippen molar-refractivity contribution in [3.05, 3.63) is 95.6 Å². The Labute approximate surface area is 182 Å². The second kappa shape index (κ2) is 9.23. The van der Waals surface area contributed by atoms with Crippen molar-refractivity contribution in [1.29, 1.82) is 5.41 Å². The van der Waals surface area contributed by atoms with Crippen LogP contribution in [0.15, 0.2) is 78.9 Å². The van der Waals surface area contributed by atoms with E-state index in [9.17, 15) is 5.11 Å². The average molecular weight is 416 g/mol. The predicted octanol–water partition coefficient (Wildman–Crippen LogP) is 4.53. The number of nitrogens with one attached hydrogen (secondary N) is 1. The Bertz CT molecular complexity index is 1190. The number of aliphatic hydroxyl groups excluding tert-OH is 1. The largest absolute Gasteiger partial charge is 0.491 e. The van der Waals surface area contributed by atoms with Gasteiger partial charge in [0.05, 0.1) is 24.1 Å². The van der Waals surface area contributed by atoms with Gasteiger partial charge in [-0.2, -0.15) is 0 Å². The van der Waals surface area contributed by atoms with E-state index < -0.39 is 6.10 Å². The van der Waals surface area contributed by atoms with Crippen LogP contribution >= 0.6 is 0 Å². The number of fused-ring (bicyclic) bond motifs is 1. The highest BCUT2D eigenvalue weighted by Gasteiger charge is 2.15. The Kier molecular flexibility index (Phi) is 6.23. The fourth-order valence-corrected chi connectivity index (χ4v) is 3.81. The zero-order valence-corrected chi connectivity index (χ0v) is 18.0. The predicted molar refractivity (Wildman–Crippen MR) is 123 cm³/mol. The molecule has 0 spiro atoms. The van der Waals surface area contributed by atoms with E-state index in [4.69, 9.17) is 10.1 Å². The third-order valence-electron chi connectivity index (χ3n) is 5.54. The lowest BCUT2D eigenvalue weighted by atomic mass is 10.0. The molecule has 4 rings (SSSR count). The van der Waals surface area contributed by atoms with Gasteiger partial charge in [-0.05, 0) is 41.3 Å². The van der Waals surface area contributed by atoms with Crippen molar-refractivity contribution >= 4 is 11.0 Å². The molecule has 2 N–H and O–H groups in total. The fourth-order valence-electron chi connectivity index (χ4n) is 3.81. The molecule has 0 aliphatic carbocycles. The van der Waals surface area contributed by atoms with Crippen molar-refractivity contribution in [2.24, 2.45) is 0 Å². The van der Waals surface area contributed by atoms with Gasteiger partial charge in [0, 0.05) is 0 Å². The quantitative estimate of drug-likeness (QED) is 0.444. The van der Waals surface area contributed by atoms with Crippen LogP contribution in [0, 0.1) is 5.41 Å². The van der Waals surface area contributed by atoms with Gasteiger partial charge < -0.3 is 19.0 Å². The summed E-state index contributed by atoms with van der Waals surface area (Å²) < 4.78 is 9.63. The lowest BCUT2D eigenvalue weighted by molar-refractivity contribution is 0.0921. The monoisotopic (exact) mass is 415 g/mol. The highest BCUT2D eigenvalue weighted by atomic mass is 16.5. The average Bonchev–Trinajstić information content (AvgIpc) is 3.04. The number of para-hydroxylation sites is 2. The second-order valence-electron chi connectivity index (χ2n) is 8.18. The molecule has 0 radical (unpaired) electrons. The normalized spacial score (nSPS) is 12.4. The molecule has 0 fully saturated rings. The maximum Gasteiger partial charge on any atom is 0.203 e. The van der Waals surface area contributed by atoms with E-state index in [0.29, 0.717) is 24.6 Å². The summed E-state index contributed by atoms with van der Waals surface area (Å²) in [7, 11) is 0. The lowest BCUT2D eigenvalue weighted by Crippen LogP contribution is -2.31. The van der Waals surface area contributed by atoms with Crippen LogP contribution in [0.3, 0.4) is 0 Å². The SMILES string of the molecule is CC(C)c1ccc(OCC(O)Cn2c(=N)n(Cc3ccccc3)c3ccccc32)cc1. The van der Waals surface area contributed by atoms with Gasteiger partial charge in [0.1, 0.15) is 18.5 Å². The van der Waals surface area contributed by atoms with E-state index >= 15 is 0 Å². The van der Waals surface area contributed by atoms with E-state index in [1.807, 2.05) is 63.7 Å². The number of hydrogen-bond acceptors (Lipinski definition) is 3. The minimum atomic E-state index is -0.727. The maximum absolute atomic E-state index is 10.7. The van der Waals surface area contributed by atoms with E-state index in [-0.39, 0.29) is 6.61 Å². The summed E-state index contributed by atoms with van der Waals surface area (Å²) in [6.07, 6.45) is -0.727. The first kappa shape index (κ1) is 20.9. The Hall–Kier alpha value is -3.31. The number of nitrogens with zero attached hydrogens (tertiary/aromatic N) is 2. The highest BCUT2D eigenvalue weighted by molar-refractivity contribution is 5.76. The Morgan fingerprint density at radius 1 is 0.839 bits per heavy atom. The Balaban J connectivity index is 1.51. The third kappa shape index (κ3) is 4.72. The van der Waals surface area contributed by atoms with Crippen LogP contribution in [-0.4, -0.2) is 27.0 Å². The minimum absolute atomic E-state index is 0.172. The van der Waals surface area contributed by atoms with Gasteiger partial charge in [0.15, 0.2) is 0 Å². The van der Waals surface area contributed by atoms with Crippen molar-refractivity contribution in [3.8, 4) is 5.75 Å². The molecule has 0 saturated heterocycles. The second-order valence-corrected chi connectivity index (χ2v) is 8.18. The number of imidazole rings is 1. The first-order valence-corrected chi connectivity index (χ1v) is 10.7. The molecule has 4 aromatic rings. The maximum atomic E-state index is 10.7. The molecule has 0 aliphatic heterocycles. The van der Waals surface area contributed by atoms with Crippen molar-refractivity contribution < 1.29 is 9.84 Å². The van der Waals surface area contributed by atoms with Crippen molar-refractivity contribution in [2.75, 3.05) is 6.61 Å². The van der Waals surface area contributed by atoms with Gasteiger partial charge >= 0.3 is 0 Å². The number of ether oxygens (including phenoxy) is 1. The van der Waals surface area contributed by atoms with Gasteiger partial charge in [-0.1, -0.05) is 68.4 Å². The lowest BCUT2D eigenvalue weighted by Gasteiger charge is -2.14. The molecular formula is C26H29N3O2. The van der Waals surface area contributed by atoms with E-state index in [1.54, 1.807) is 0 Å². The summed E-state index contributed by atoms with van der Waals surface area (Å²) in [6, 6.07) is 26.1. The van der Waals surface area contributed by atoms with Gasteiger partial charge in [-0.3, -0.25) is 5.41 Å². The Morgan fingerprint density at radius 3 is 2.10 bits per heavy atom. The van der Waals surface area contributed by atoms with Crippen LogP contribution < -0.4 is 10.4 Å². The number of aromatic nitrogens is 2. The van der Waals surface area contributed by atoms with Crippen LogP contribution in [0.4, 0.5) is 0 Å². The first-order valence-electron chi connectivity index (χ1n) is 10.7. The summed E-state index contributed by atoms with van der Waals surface area (Å²) in [5.41, 5.74) is 4.68. The van der Waals surface area contributed by atoms with Crippen LogP contribution in [0.2, 0.25) is 0 Å². The van der Waals surface area contributed by atoms with Gasteiger partial charge in [0.2, 0.25) is 5.62 Å². The number of rotatable bonds is 8. The van der Waals surface area contributed by atoms with Gasteiger partial charge in [-0.25, -0.2) is 0 Å². The Morgan fingerprint density at radius 2 is 1.45 bits per heavy atom. The zero-order chi connectivity index (χ0) is 21.8. The van der Waals surface area contributed by atoms with Crippen molar-refractivity contribution in [1.82, 2.24) is 9.13 Å². The molecule has 0 bridgehead atoms. The molecule has 5 nitrogen and oxygen atoms in total. The van der Waals surface area contributed by atoms with Crippen LogP contribution in [0.25, 0.3) is 11.0 Å². The number of aliphatic hydroxyl groups is 1. The minimum Gasteiger partial charge on any atom is -0.491 e. The molecule has 1 aromatic heterocycles. The van der Waals surface area contributed by atoms with Gasteiger partial charge in [0.25, 0.3) is 0 Å². The molecule has 1 unspecified atom stereocenters. The molecule has 1 atom stereocenters. The van der Waals surface area contributed by atoms with Crippen LogP contribution in [0.5, 0.6) is 5.75 Å². The molecule has 0 aliphatic rings. The summed E-state index contributed by atoms with van der Waals surface area (Å²) in [5.74, 6) is 1.21. The summed E-state index contributed by atoms with van der Waals surface area (Å²) in [6.45, 7) is 5.39. The van der Waals surface area contributed by atoms with Crippen LogP contribution in [-0.2, 0) is 13.1 Å². The number of hydrogen-bond donors (Lipinski definition) is 2. The molecule has 3 aromatic carbocycles. The van der Waals surface area contributed by atoms with Gasteiger partial charge in [-0.15, -0.1) is 0 Å². The molecule has 1 heterocycles. The molecule has 5 heteroatoms. The summed E-state index contributed by atoms with van der Waals surface area (Å²) in [5, 5.41) is 19.4. The molecule has 31 heavy (non-hydrogen) atoms. The highest BCUT2D eigenvalue weighted by Crippen LogP contribution is 2.19. The molecular weight excluding hydrogens is 386 g/mol. The zero-order valence-electron chi connectivity index (χ0n) is 18.0. The standard InChI is InChI=1S/C26H29N3O2/c1-19(2)21-12-14-23(15-13-21)31-18-22(30)17-29-25-11-7-6-10-24(25)28(26(29)27)16-20-8-4-3-5-9-20/h3-15,19,22,27,30H,16-18H2,1-2H3. The summed E-state index contributed by atoms with van der Waals surface area (Å²) >= 11 is 0. The third-order valence-corrected chi connectivity index (χ3v) is 5.54. The topological polar surface area (TPSA) is 63.2 Å². The van der Waals surface area contributed by atoms with Crippen LogP contribution in [0.1, 0.15) is 30.9 Å². The molecule has 160 valence electrons. The molecule has 0 saturated carbocycles. The molecule has 0 amide bonds. The summed E-state index contributed by atoms with van der Waals surface area (Å²) in [4.78, 5) is 0. The van der Waals surface area contributed by atoms with Crippen molar-refractivity contribution in [3.63, 3.8) is 0 Å². The first-order chi connectivity index (χ1) is 15.0. The van der Waals surface area contributed by atoms with E-state index in [2.05, 4.69) is 38.1 Å². The smallest absolute Gasteiger partial charge is 0.203 e. The van der Waals surface area contributed by atoms with E-state index in [1.165, 1.54) is 5.56 Å². The van der Waals surface area contributed by atoms with Crippen molar-refractivity contribution in [2.45, 2.75) is 39.0 Å².